The smallest absolute Gasteiger partial charge is 0.168 e. The summed E-state index contributed by atoms with van der Waals surface area (Å²) in [4.78, 5) is 0. The highest BCUT2D eigenvalue weighted by molar-refractivity contribution is 5.31. The van der Waals surface area contributed by atoms with Gasteiger partial charge in [-0.1, -0.05) is 26.0 Å². The predicted molar refractivity (Wildman–Crippen MR) is 75.2 cm³/mol. The third-order valence-electron chi connectivity index (χ3n) is 2.89. The summed E-state index contributed by atoms with van der Waals surface area (Å²) in [5, 5.41) is 3.32. The monoisotopic (exact) mass is 269 g/mol. The highest BCUT2D eigenvalue weighted by Crippen LogP contribution is 2.21. The van der Waals surface area contributed by atoms with Crippen LogP contribution in [0.25, 0.3) is 0 Å². The average molecular weight is 269 g/mol. The van der Waals surface area contributed by atoms with Crippen molar-refractivity contribution in [2.24, 2.45) is 0 Å². The molecule has 19 heavy (non-hydrogen) atoms. The summed E-state index contributed by atoms with van der Waals surface area (Å²) in [5.41, 5.74) is 0.658. The van der Waals surface area contributed by atoms with Gasteiger partial charge < -0.3 is 14.8 Å². The van der Waals surface area contributed by atoms with Crippen molar-refractivity contribution < 1.29 is 13.9 Å². The summed E-state index contributed by atoms with van der Waals surface area (Å²) in [7, 11) is 1.48. The Balaban J connectivity index is 2.67. The Morgan fingerprint density at radius 3 is 2.74 bits per heavy atom. The third-order valence-corrected chi connectivity index (χ3v) is 2.89. The molecule has 4 heteroatoms. The molecule has 1 aromatic rings. The molecule has 0 bridgehead atoms. The Labute approximate surface area is 115 Å². The van der Waals surface area contributed by atoms with Crippen molar-refractivity contribution in [2.45, 2.75) is 32.7 Å². The van der Waals surface area contributed by atoms with Gasteiger partial charge in [-0.15, -0.1) is 0 Å². The van der Waals surface area contributed by atoms with Crippen LogP contribution in [0, 0.1) is 5.82 Å². The van der Waals surface area contributed by atoms with Gasteiger partial charge in [0.25, 0.3) is 0 Å². The van der Waals surface area contributed by atoms with E-state index in [0.29, 0.717) is 24.3 Å². The third kappa shape index (κ3) is 5.17. The van der Waals surface area contributed by atoms with Crippen LogP contribution in [-0.2, 0) is 11.2 Å². The molecule has 1 N–H and O–H groups in total. The molecule has 3 nitrogen and oxygen atoms in total. The molecule has 1 atom stereocenters. The summed E-state index contributed by atoms with van der Waals surface area (Å²) in [6, 6.07) is 5.36. The van der Waals surface area contributed by atoms with Gasteiger partial charge in [0.2, 0.25) is 0 Å². The number of methoxy groups -OCH3 is 1. The predicted octanol–water partition coefficient (Wildman–Crippen LogP) is 2.78. The van der Waals surface area contributed by atoms with Crippen molar-refractivity contribution >= 4 is 0 Å². The maximum Gasteiger partial charge on any atom is 0.168 e. The lowest BCUT2D eigenvalue weighted by Crippen LogP contribution is -2.35. The van der Waals surface area contributed by atoms with Crippen LogP contribution < -0.4 is 10.1 Å². The van der Waals surface area contributed by atoms with E-state index in [2.05, 4.69) is 12.2 Å². The zero-order chi connectivity index (χ0) is 14.1. The zero-order valence-corrected chi connectivity index (χ0v) is 12.0. The van der Waals surface area contributed by atoms with Gasteiger partial charge in [0.1, 0.15) is 0 Å². The van der Waals surface area contributed by atoms with Crippen molar-refractivity contribution in [1.29, 1.82) is 0 Å². The molecule has 0 aliphatic carbocycles. The van der Waals surface area contributed by atoms with E-state index in [1.54, 1.807) is 12.1 Å². The van der Waals surface area contributed by atoms with Gasteiger partial charge in [-0.2, -0.15) is 0 Å². The van der Waals surface area contributed by atoms with E-state index in [1.165, 1.54) is 7.11 Å². The number of nitrogens with one attached hydrogen (secondary N) is 1. The molecule has 0 spiro atoms. The molecule has 108 valence electrons. The second-order valence-corrected chi connectivity index (χ2v) is 4.47. The van der Waals surface area contributed by atoms with Crippen LogP contribution in [0.4, 0.5) is 4.39 Å². The highest BCUT2D eigenvalue weighted by atomic mass is 19.1. The molecule has 0 aromatic heterocycles. The van der Waals surface area contributed by atoms with Crippen LogP contribution in [-0.4, -0.2) is 32.9 Å². The van der Waals surface area contributed by atoms with Gasteiger partial charge in [-0.3, -0.25) is 0 Å². The van der Waals surface area contributed by atoms with E-state index in [-0.39, 0.29) is 11.9 Å². The van der Waals surface area contributed by atoms with Crippen molar-refractivity contribution in [3.63, 3.8) is 0 Å². The van der Waals surface area contributed by atoms with Gasteiger partial charge in [-0.25, -0.2) is 4.39 Å². The minimum absolute atomic E-state index is 0.123. The molecular weight excluding hydrogens is 245 g/mol. The Morgan fingerprint density at radius 2 is 2.11 bits per heavy atom. The second-order valence-electron chi connectivity index (χ2n) is 4.47. The first-order valence-electron chi connectivity index (χ1n) is 6.85. The fourth-order valence-corrected chi connectivity index (χ4v) is 1.99. The Kier molecular flexibility index (Phi) is 7.45. The van der Waals surface area contributed by atoms with Crippen molar-refractivity contribution in [3.05, 3.63) is 29.6 Å². The molecule has 0 saturated carbocycles. The van der Waals surface area contributed by atoms with Gasteiger partial charge in [0, 0.05) is 12.6 Å². The Hall–Kier alpha value is -1.13. The Bertz CT molecular complexity index is 371. The van der Waals surface area contributed by atoms with Crippen LogP contribution in [0.1, 0.15) is 25.8 Å². The van der Waals surface area contributed by atoms with Gasteiger partial charge in [-0.05, 0) is 31.0 Å². The number of hydrogen-bond donors (Lipinski definition) is 1. The van der Waals surface area contributed by atoms with E-state index >= 15 is 0 Å². The largest absolute Gasteiger partial charge is 0.494 e. The fraction of sp³-hybridized carbons (Fsp3) is 0.600. The van der Waals surface area contributed by atoms with Crippen LogP contribution >= 0.6 is 0 Å². The summed E-state index contributed by atoms with van der Waals surface area (Å²) in [6.45, 7) is 6.28. The minimum atomic E-state index is -0.275. The minimum Gasteiger partial charge on any atom is -0.494 e. The molecule has 0 amide bonds. The summed E-state index contributed by atoms with van der Waals surface area (Å²) in [6.07, 6.45) is 1.59. The molecule has 1 rings (SSSR count). The molecule has 0 heterocycles. The van der Waals surface area contributed by atoms with E-state index in [4.69, 9.17) is 9.47 Å². The number of rotatable bonds is 9. The number of hydrogen-bond acceptors (Lipinski definition) is 3. The molecule has 0 aliphatic heterocycles. The molecule has 0 aliphatic rings. The maximum atomic E-state index is 14.1. The van der Waals surface area contributed by atoms with Crippen molar-refractivity contribution in [1.82, 2.24) is 5.32 Å². The molecular formula is C15H24FNO2. The van der Waals surface area contributed by atoms with E-state index in [9.17, 15) is 4.39 Å². The lowest BCUT2D eigenvalue weighted by molar-refractivity contribution is 0.112. The fourth-order valence-electron chi connectivity index (χ4n) is 1.99. The maximum absolute atomic E-state index is 14.1. The Morgan fingerprint density at radius 1 is 1.32 bits per heavy atom. The quantitative estimate of drug-likeness (QED) is 0.699. The first kappa shape index (κ1) is 15.9. The van der Waals surface area contributed by atoms with E-state index in [0.717, 1.165) is 19.6 Å². The average Bonchev–Trinajstić information content (AvgIpc) is 2.41. The van der Waals surface area contributed by atoms with Gasteiger partial charge >= 0.3 is 0 Å². The first-order valence-corrected chi connectivity index (χ1v) is 6.85. The first-order chi connectivity index (χ1) is 9.22. The zero-order valence-electron chi connectivity index (χ0n) is 12.0. The van der Waals surface area contributed by atoms with E-state index in [1.807, 2.05) is 13.0 Å². The highest BCUT2D eigenvalue weighted by Gasteiger charge is 2.14. The van der Waals surface area contributed by atoms with Crippen LogP contribution in [0.3, 0.4) is 0 Å². The summed E-state index contributed by atoms with van der Waals surface area (Å²) < 4.78 is 24.6. The summed E-state index contributed by atoms with van der Waals surface area (Å²) >= 11 is 0. The van der Waals surface area contributed by atoms with Gasteiger partial charge in [0.15, 0.2) is 11.6 Å². The van der Waals surface area contributed by atoms with Crippen LogP contribution in [0.15, 0.2) is 18.2 Å². The van der Waals surface area contributed by atoms with Crippen LogP contribution in [0.5, 0.6) is 5.75 Å². The van der Waals surface area contributed by atoms with Crippen molar-refractivity contribution in [2.75, 3.05) is 26.9 Å². The molecule has 0 fully saturated rings. The number of halogens is 1. The molecule has 0 radical (unpaired) electrons. The lowest BCUT2D eigenvalue weighted by Gasteiger charge is -2.18. The van der Waals surface area contributed by atoms with Crippen LogP contribution in [0.2, 0.25) is 0 Å². The second kappa shape index (κ2) is 8.88. The van der Waals surface area contributed by atoms with E-state index < -0.39 is 0 Å². The van der Waals surface area contributed by atoms with Gasteiger partial charge in [0.05, 0.1) is 13.7 Å². The molecule has 0 saturated heterocycles. The number of benzene rings is 1. The normalized spacial score (nSPS) is 12.4. The molecule has 1 aromatic carbocycles. The standard InChI is InChI=1S/C15H24FNO2/c1-4-9-19-11-13(17-5-2)10-12-7-6-8-14(18-3)15(12)16/h6-8,13,17H,4-5,9-11H2,1-3H3. The summed E-state index contributed by atoms with van der Waals surface area (Å²) in [5.74, 6) is 0.0191. The number of ether oxygens (including phenoxy) is 2. The number of likely N-dealkylation sites (N-methyl/N-ethyl adjacent to an activating group) is 1. The SMILES string of the molecule is CCCOCC(Cc1cccc(OC)c1F)NCC. The topological polar surface area (TPSA) is 30.5 Å². The van der Waals surface area contributed by atoms with Crippen molar-refractivity contribution in [3.8, 4) is 5.75 Å². The lowest BCUT2D eigenvalue weighted by atomic mass is 10.1. The molecule has 1 unspecified atom stereocenters.